The Hall–Kier alpha value is -0.980. The van der Waals surface area contributed by atoms with E-state index in [2.05, 4.69) is 20.8 Å². The summed E-state index contributed by atoms with van der Waals surface area (Å²) in [6.07, 6.45) is 0. The topological polar surface area (TPSA) is 20.2 Å². The lowest BCUT2D eigenvalue weighted by Gasteiger charge is -1.89. The molecular formula is C11H18O. The third kappa shape index (κ3) is 7.13. The summed E-state index contributed by atoms with van der Waals surface area (Å²) in [5.41, 5.74) is 1.09. The quantitative estimate of drug-likeness (QED) is 0.626. The van der Waals surface area contributed by atoms with Crippen molar-refractivity contribution in [3.8, 4) is 5.75 Å². The van der Waals surface area contributed by atoms with Crippen LogP contribution in [0.4, 0.5) is 0 Å². The molecule has 0 radical (unpaired) electrons. The third-order valence-electron chi connectivity index (χ3n) is 1.00. The first-order valence-corrected chi connectivity index (χ1v) is 4.28. The Labute approximate surface area is 75.1 Å². The van der Waals surface area contributed by atoms with Gasteiger partial charge in [-0.25, -0.2) is 0 Å². The lowest BCUT2D eigenvalue weighted by molar-refractivity contribution is 0.475. The van der Waals surface area contributed by atoms with Crippen molar-refractivity contribution < 1.29 is 5.11 Å². The lowest BCUT2D eigenvalue weighted by atomic mass is 10.2. The van der Waals surface area contributed by atoms with E-state index in [1.807, 2.05) is 19.1 Å². The average Bonchev–Trinajstić information content (AvgIpc) is 1.84. The SMILES string of the molecule is CC(C)C.Cc1cccc(O)c1. The minimum atomic E-state index is 0.338. The van der Waals surface area contributed by atoms with Crippen molar-refractivity contribution in [3.63, 3.8) is 0 Å². The van der Waals surface area contributed by atoms with Gasteiger partial charge < -0.3 is 5.11 Å². The molecule has 0 spiro atoms. The van der Waals surface area contributed by atoms with Gasteiger partial charge in [0.2, 0.25) is 0 Å². The zero-order valence-electron chi connectivity index (χ0n) is 8.33. The predicted molar refractivity (Wildman–Crippen MR) is 53.4 cm³/mol. The Morgan fingerprint density at radius 1 is 1.17 bits per heavy atom. The first-order valence-electron chi connectivity index (χ1n) is 4.28. The molecule has 1 nitrogen and oxygen atoms in total. The van der Waals surface area contributed by atoms with Crippen LogP contribution in [0.15, 0.2) is 24.3 Å². The molecule has 0 amide bonds. The number of aromatic hydroxyl groups is 1. The van der Waals surface area contributed by atoms with E-state index in [0.717, 1.165) is 11.5 Å². The number of rotatable bonds is 0. The third-order valence-corrected chi connectivity index (χ3v) is 1.00. The van der Waals surface area contributed by atoms with Crippen molar-refractivity contribution in [3.05, 3.63) is 29.8 Å². The smallest absolute Gasteiger partial charge is 0.115 e. The Balaban J connectivity index is 0.000000261. The van der Waals surface area contributed by atoms with Crippen molar-refractivity contribution in [2.75, 3.05) is 0 Å². The molecule has 0 bridgehead atoms. The van der Waals surface area contributed by atoms with E-state index < -0.39 is 0 Å². The van der Waals surface area contributed by atoms with Gasteiger partial charge in [0.1, 0.15) is 5.75 Å². The Kier molecular flexibility index (Phi) is 5.18. The molecule has 0 fully saturated rings. The van der Waals surface area contributed by atoms with Gasteiger partial charge in [-0.2, -0.15) is 0 Å². The number of benzene rings is 1. The Bertz CT molecular complexity index is 196. The van der Waals surface area contributed by atoms with E-state index in [4.69, 9.17) is 5.11 Å². The molecule has 0 aliphatic heterocycles. The van der Waals surface area contributed by atoms with E-state index in [1.54, 1.807) is 12.1 Å². The van der Waals surface area contributed by atoms with Gasteiger partial charge in [0.05, 0.1) is 0 Å². The minimum absolute atomic E-state index is 0.338. The molecule has 0 unspecified atom stereocenters. The van der Waals surface area contributed by atoms with Crippen LogP contribution in [-0.2, 0) is 0 Å². The maximum absolute atomic E-state index is 8.81. The number of phenols is 1. The first-order chi connectivity index (χ1) is 5.52. The summed E-state index contributed by atoms with van der Waals surface area (Å²) < 4.78 is 0. The fourth-order valence-corrected chi connectivity index (χ4v) is 0.628. The molecule has 12 heavy (non-hydrogen) atoms. The highest BCUT2D eigenvalue weighted by molar-refractivity contribution is 5.25. The van der Waals surface area contributed by atoms with Gasteiger partial charge in [0.15, 0.2) is 0 Å². The van der Waals surface area contributed by atoms with Crippen LogP contribution in [0.2, 0.25) is 0 Å². The van der Waals surface area contributed by atoms with Crippen molar-refractivity contribution in [2.45, 2.75) is 27.7 Å². The fraction of sp³-hybridized carbons (Fsp3) is 0.455. The Morgan fingerprint density at radius 3 is 1.92 bits per heavy atom. The summed E-state index contributed by atoms with van der Waals surface area (Å²) in [6.45, 7) is 8.44. The van der Waals surface area contributed by atoms with E-state index in [0.29, 0.717) is 5.75 Å². The lowest BCUT2D eigenvalue weighted by Crippen LogP contribution is -1.66. The molecule has 1 rings (SSSR count). The van der Waals surface area contributed by atoms with Gasteiger partial charge in [-0.1, -0.05) is 32.9 Å². The van der Waals surface area contributed by atoms with Crippen LogP contribution in [0, 0.1) is 12.8 Å². The van der Waals surface area contributed by atoms with Crippen LogP contribution in [0.1, 0.15) is 26.3 Å². The molecule has 0 aromatic heterocycles. The summed E-state index contributed by atoms with van der Waals surface area (Å²) in [5.74, 6) is 1.17. The van der Waals surface area contributed by atoms with Crippen LogP contribution in [-0.4, -0.2) is 5.11 Å². The first kappa shape index (κ1) is 11.0. The standard InChI is InChI=1S/C7H8O.C4H10/c1-6-3-2-4-7(8)5-6;1-4(2)3/h2-5,8H,1H3;4H,1-3H3. The second kappa shape index (κ2) is 5.64. The van der Waals surface area contributed by atoms with E-state index in [9.17, 15) is 0 Å². The van der Waals surface area contributed by atoms with Gasteiger partial charge in [-0.05, 0) is 30.5 Å². The van der Waals surface area contributed by atoms with Crippen LogP contribution in [0.5, 0.6) is 5.75 Å². The number of hydrogen-bond donors (Lipinski definition) is 1. The van der Waals surface area contributed by atoms with Gasteiger partial charge in [-0.15, -0.1) is 0 Å². The summed E-state index contributed by atoms with van der Waals surface area (Å²) >= 11 is 0. The van der Waals surface area contributed by atoms with Crippen LogP contribution >= 0.6 is 0 Å². The Morgan fingerprint density at radius 2 is 1.67 bits per heavy atom. The maximum atomic E-state index is 8.81. The molecular weight excluding hydrogens is 148 g/mol. The molecule has 0 saturated carbocycles. The number of phenolic OH excluding ortho intramolecular Hbond substituents is 1. The highest BCUT2D eigenvalue weighted by Crippen LogP contribution is 2.08. The molecule has 1 heteroatoms. The zero-order valence-corrected chi connectivity index (χ0v) is 8.33. The second-order valence-electron chi connectivity index (χ2n) is 3.57. The number of aryl methyl sites for hydroxylation is 1. The van der Waals surface area contributed by atoms with E-state index in [-0.39, 0.29) is 0 Å². The maximum Gasteiger partial charge on any atom is 0.115 e. The largest absolute Gasteiger partial charge is 0.508 e. The molecule has 1 N–H and O–H groups in total. The van der Waals surface area contributed by atoms with Gasteiger partial charge in [0.25, 0.3) is 0 Å². The number of hydrogen-bond acceptors (Lipinski definition) is 1. The van der Waals surface area contributed by atoms with Crippen molar-refractivity contribution in [1.82, 2.24) is 0 Å². The predicted octanol–water partition coefficient (Wildman–Crippen LogP) is 3.36. The summed E-state index contributed by atoms with van der Waals surface area (Å²) in [6, 6.07) is 7.15. The van der Waals surface area contributed by atoms with Crippen molar-refractivity contribution in [1.29, 1.82) is 0 Å². The normalized spacial score (nSPS) is 9.08. The van der Waals surface area contributed by atoms with E-state index in [1.165, 1.54) is 0 Å². The van der Waals surface area contributed by atoms with Crippen LogP contribution in [0.3, 0.4) is 0 Å². The van der Waals surface area contributed by atoms with Gasteiger partial charge >= 0.3 is 0 Å². The molecule has 0 aliphatic rings. The van der Waals surface area contributed by atoms with Crippen LogP contribution < -0.4 is 0 Å². The second-order valence-corrected chi connectivity index (χ2v) is 3.57. The monoisotopic (exact) mass is 166 g/mol. The molecule has 1 aromatic carbocycles. The summed E-state index contributed by atoms with van der Waals surface area (Å²) in [5, 5.41) is 8.81. The molecule has 0 saturated heterocycles. The van der Waals surface area contributed by atoms with Crippen molar-refractivity contribution in [2.24, 2.45) is 5.92 Å². The summed E-state index contributed by atoms with van der Waals surface area (Å²) in [7, 11) is 0. The molecule has 0 atom stereocenters. The fourth-order valence-electron chi connectivity index (χ4n) is 0.628. The van der Waals surface area contributed by atoms with E-state index >= 15 is 0 Å². The van der Waals surface area contributed by atoms with Crippen LogP contribution in [0.25, 0.3) is 0 Å². The zero-order chi connectivity index (χ0) is 9.56. The molecule has 0 heterocycles. The van der Waals surface area contributed by atoms with Crippen molar-refractivity contribution >= 4 is 0 Å². The average molecular weight is 166 g/mol. The highest BCUT2D eigenvalue weighted by atomic mass is 16.3. The van der Waals surface area contributed by atoms with Gasteiger partial charge in [0, 0.05) is 0 Å². The molecule has 68 valence electrons. The molecule has 1 aromatic rings. The molecule has 0 aliphatic carbocycles. The minimum Gasteiger partial charge on any atom is -0.508 e. The summed E-state index contributed by atoms with van der Waals surface area (Å²) in [4.78, 5) is 0. The van der Waals surface area contributed by atoms with Gasteiger partial charge in [-0.3, -0.25) is 0 Å². The highest BCUT2D eigenvalue weighted by Gasteiger charge is 1.83.